The maximum Gasteiger partial charge on any atom is 0.129 e. The second-order valence-electron chi connectivity index (χ2n) is 4.08. The van der Waals surface area contributed by atoms with E-state index >= 15 is 0 Å². The maximum atomic E-state index is 5.22. The second-order valence-corrected chi connectivity index (χ2v) is 4.08. The summed E-state index contributed by atoms with van der Waals surface area (Å²) in [6.07, 6.45) is 7.00. The minimum absolute atomic E-state index is 0.805. The number of pyridine rings is 1. The Hall–Kier alpha value is -2.01. The van der Waals surface area contributed by atoms with Crippen LogP contribution in [0.1, 0.15) is 18.4 Å². The molecule has 0 bridgehead atoms. The Labute approximate surface area is 102 Å². The van der Waals surface area contributed by atoms with Gasteiger partial charge in [-0.15, -0.1) is 12.3 Å². The van der Waals surface area contributed by atoms with Crippen molar-refractivity contribution >= 4 is 16.7 Å². The standard InChI is InChI=1S/C15H16N2/c1-3-4-7-10-16-15-12(2)11-13-8-5-6-9-14(13)17-15/h1,5-6,8-9,11H,4,7,10H2,2H3,(H,16,17). The van der Waals surface area contributed by atoms with Crippen LogP contribution in [0.4, 0.5) is 5.82 Å². The Bertz CT molecular complexity index is 552. The molecule has 1 heterocycles. The molecule has 0 aliphatic heterocycles. The molecule has 0 amide bonds. The van der Waals surface area contributed by atoms with E-state index in [1.807, 2.05) is 18.2 Å². The SMILES string of the molecule is C#CCCCNc1nc2ccccc2cc1C. The summed E-state index contributed by atoms with van der Waals surface area (Å²) in [6.45, 7) is 2.94. The van der Waals surface area contributed by atoms with E-state index in [1.54, 1.807) is 0 Å². The van der Waals surface area contributed by atoms with Gasteiger partial charge in [0.05, 0.1) is 5.52 Å². The van der Waals surface area contributed by atoms with Crippen molar-refractivity contribution < 1.29 is 0 Å². The average molecular weight is 224 g/mol. The molecule has 86 valence electrons. The monoisotopic (exact) mass is 224 g/mol. The summed E-state index contributed by atoms with van der Waals surface area (Å²) < 4.78 is 0. The molecule has 0 unspecified atom stereocenters. The van der Waals surface area contributed by atoms with Crippen molar-refractivity contribution in [2.75, 3.05) is 11.9 Å². The first kappa shape index (κ1) is 11.5. The molecule has 0 saturated heterocycles. The fraction of sp³-hybridized carbons (Fsp3) is 0.267. The number of aryl methyl sites for hydroxylation is 1. The van der Waals surface area contributed by atoms with Gasteiger partial charge in [-0.3, -0.25) is 0 Å². The predicted molar refractivity (Wildman–Crippen MR) is 73.0 cm³/mol. The van der Waals surface area contributed by atoms with E-state index in [2.05, 4.69) is 35.3 Å². The van der Waals surface area contributed by atoms with Crippen LogP contribution in [0.2, 0.25) is 0 Å². The topological polar surface area (TPSA) is 24.9 Å². The number of terminal acetylenes is 1. The normalized spacial score (nSPS) is 10.1. The van der Waals surface area contributed by atoms with Crippen LogP contribution in [0.25, 0.3) is 10.9 Å². The molecule has 0 aliphatic rings. The molecule has 1 aromatic heterocycles. The number of hydrogen-bond acceptors (Lipinski definition) is 2. The lowest BCUT2D eigenvalue weighted by Gasteiger charge is -2.09. The quantitative estimate of drug-likeness (QED) is 0.636. The smallest absolute Gasteiger partial charge is 0.129 e. The number of rotatable bonds is 4. The summed E-state index contributed by atoms with van der Waals surface area (Å²) >= 11 is 0. The summed E-state index contributed by atoms with van der Waals surface area (Å²) in [6, 6.07) is 10.3. The van der Waals surface area contributed by atoms with Gasteiger partial charge >= 0.3 is 0 Å². The zero-order chi connectivity index (χ0) is 12.1. The van der Waals surface area contributed by atoms with E-state index in [4.69, 9.17) is 6.42 Å². The Morgan fingerprint density at radius 2 is 2.18 bits per heavy atom. The molecule has 1 aromatic carbocycles. The highest BCUT2D eigenvalue weighted by Crippen LogP contribution is 2.19. The van der Waals surface area contributed by atoms with Crippen LogP contribution in [-0.2, 0) is 0 Å². The van der Waals surface area contributed by atoms with Crippen molar-refractivity contribution in [3.8, 4) is 12.3 Å². The van der Waals surface area contributed by atoms with Crippen molar-refractivity contribution in [2.45, 2.75) is 19.8 Å². The minimum Gasteiger partial charge on any atom is -0.370 e. The molecule has 1 N–H and O–H groups in total. The number of fused-ring (bicyclic) bond motifs is 1. The molecule has 2 aromatic rings. The Morgan fingerprint density at radius 1 is 1.35 bits per heavy atom. The van der Waals surface area contributed by atoms with Crippen molar-refractivity contribution in [1.82, 2.24) is 4.98 Å². The highest BCUT2D eigenvalue weighted by molar-refractivity contribution is 5.81. The summed E-state index contributed by atoms with van der Waals surface area (Å²) in [4.78, 5) is 4.61. The van der Waals surface area contributed by atoms with Gasteiger partial charge in [0, 0.05) is 18.4 Å². The van der Waals surface area contributed by atoms with E-state index < -0.39 is 0 Å². The molecule has 0 aliphatic carbocycles. The highest BCUT2D eigenvalue weighted by atomic mass is 15.0. The van der Waals surface area contributed by atoms with Gasteiger partial charge in [-0.25, -0.2) is 4.98 Å². The fourth-order valence-electron chi connectivity index (χ4n) is 1.80. The molecule has 0 fully saturated rings. The first-order valence-electron chi connectivity index (χ1n) is 5.85. The lowest BCUT2D eigenvalue weighted by molar-refractivity contribution is 0.901. The summed E-state index contributed by atoms with van der Waals surface area (Å²) in [5.74, 6) is 3.60. The summed E-state index contributed by atoms with van der Waals surface area (Å²) in [5, 5.41) is 4.51. The van der Waals surface area contributed by atoms with E-state index in [0.717, 1.165) is 30.7 Å². The third-order valence-electron chi connectivity index (χ3n) is 2.70. The number of benzene rings is 1. The van der Waals surface area contributed by atoms with Crippen LogP contribution in [0.15, 0.2) is 30.3 Å². The van der Waals surface area contributed by atoms with Crippen LogP contribution < -0.4 is 5.32 Å². The summed E-state index contributed by atoms with van der Waals surface area (Å²) in [5.41, 5.74) is 2.20. The van der Waals surface area contributed by atoms with Gasteiger partial charge in [0.15, 0.2) is 0 Å². The lowest BCUT2D eigenvalue weighted by atomic mass is 10.1. The van der Waals surface area contributed by atoms with E-state index in [-0.39, 0.29) is 0 Å². The lowest BCUT2D eigenvalue weighted by Crippen LogP contribution is -2.04. The number of para-hydroxylation sites is 1. The Balaban J connectivity index is 2.17. The van der Waals surface area contributed by atoms with Gasteiger partial charge < -0.3 is 5.32 Å². The number of unbranched alkanes of at least 4 members (excludes halogenated alkanes) is 1. The van der Waals surface area contributed by atoms with E-state index in [1.165, 1.54) is 10.9 Å². The van der Waals surface area contributed by atoms with Crippen LogP contribution in [0.5, 0.6) is 0 Å². The molecule has 0 radical (unpaired) electrons. The van der Waals surface area contributed by atoms with Crippen LogP contribution in [0.3, 0.4) is 0 Å². The van der Waals surface area contributed by atoms with Gasteiger partial charge in [0.25, 0.3) is 0 Å². The van der Waals surface area contributed by atoms with Gasteiger partial charge in [0.1, 0.15) is 5.82 Å². The molecule has 0 spiro atoms. The summed E-state index contributed by atoms with van der Waals surface area (Å²) in [7, 11) is 0. The second kappa shape index (κ2) is 5.36. The van der Waals surface area contributed by atoms with Gasteiger partial charge in [-0.2, -0.15) is 0 Å². The first-order valence-corrected chi connectivity index (χ1v) is 5.85. The molecule has 2 heteroatoms. The number of anilines is 1. The van der Waals surface area contributed by atoms with Crippen LogP contribution >= 0.6 is 0 Å². The zero-order valence-corrected chi connectivity index (χ0v) is 10.0. The van der Waals surface area contributed by atoms with E-state index in [0.29, 0.717) is 0 Å². The molecule has 2 nitrogen and oxygen atoms in total. The number of hydrogen-bond donors (Lipinski definition) is 1. The largest absolute Gasteiger partial charge is 0.370 e. The van der Waals surface area contributed by atoms with Crippen molar-refractivity contribution in [1.29, 1.82) is 0 Å². The molecular weight excluding hydrogens is 208 g/mol. The van der Waals surface area contributed by atoms with Gasteiger partial charge in [-0.1, -0.05) is 18.2 Å². The third-order valence-corrected chi connectivity index (χ3v) is 2.70. The molecular formula is C15H16N2. The molecule has 0 atom stereocenters. The predicted octanol–water partition coefficient (Wildman–Crippen LogP) is 3.37. The molecule has 2 rings (SSSR count). The fourth-order valence-corrected chi connectivity index (χ4v) is 1.80. The molecule has 0 saturated carbocycles. The van der Waals surface area contributed by atoms with Crippen molar-refractivity contribution in [2.24, 2.45) is 0 Å². The maximum absolute atomic E-state index is 5.22. The number of aromatic nitrogens is 1. The Kier molecular flexibility index (Phi) is 3.62. The average Bonchev–Trinajstić information content (AvgIpc) is 2.35. The van der Waals surface area contributed by atoms with Gasteiger partial charge in [-0.05, 0) is 31.0 Å². The minimum atomic E-state index is 0.805. The Morgan fingerprint density at radius 3 is 3.00 bits per heavy atom. The zero-order valence-electron chi connectivity index (χ0n) is 10.0. The van der Waals surface area contributed by atoms with Crippen LogP contribution in [0, 0.1) is 19.3 Å². The molecule has 17 heavy (non-hydrogen) atoms. The first-order chi connectivity index (χ1) is 8.31. The highest BCUT2D eigenvalue weighted by Gasteiger charge is 2.01. The van der Waals surface area contributed by atoms with Crippen LogP contribution in [-0.4, -0.2) is 11.5 Å². The van der Waals surface area contributed by atoms with Crippen molar-refractivity contribution in [3.05, 3.63) is 35.9 Å². The number of nitrogens with zero attached hydrogens (tertiary/aromatic N) is 1. The number of nitrogens with one attached hydrogen (secondary N) is 1. The third kappa shape index (κ3) is 2.76. The van der Waals surface area contributed by atoms with E-state index in [9.17, 15) is 0 Å². The van der Waals surface area contributed by atoms with Crippen molar-refractivity contribution in [3.63, 3.8) is 0 Å². The van der Waals surface area contributed by atoms with Gasteiger partial charge in [0.2, 0.25) is 0 Å².